The van der Waals surface area contributed by atoms with Crippen molar-refractivity contribution in [2.45, 2.75) is 77.2 Å². The molecule has 0 unspecified atom stereocenters. The quantitative estimate of drug-likeness (QED) is 0.423. The molecule has 0 bridgehead atoms. The van der Waals surface area contributed by atoms with E-state index in [0.29, 0.717) is 6.54 Å². The third-order valence-electron chi connectivity index (χ3n) is 3.64. The van der Waals surface area contributed by atoms with Crippen molar-refractivity contribution >= 4 is 11.8 Å². The van der Waals surface area contributed by atoms with Gasteiger partial charge in [-0.2, -0.15) is 0 Å². The van der Waals surface area contributed by atoms with Crippen LogP contribution < -0.4 is 10.6 Å². The van der Waals surface area contributed by atoms with Crippen LogP contribution in [-0.2, 0) is 9.59 Å². The van der Waals surface area contributed by atoms with Crippen LogP contribution in [0.4, 0.5) is 0 Å². The molecule has 2 N–H and O–H groups in total. The molecule has 19 heavy (non-hydrogen) atoms. The average Bonchev–Trinajstić information content (AvgIpc) is 2.63. The summed E-state index contributed by atoms with van der Waals surface area (Å²) in [5.74, 6) is -0.276. The maximum Gasteiger partial charge on any atom is 0.229 e. The highest BCUT2D eigenvalue weighted by Gasteiger charge is 2.16. The second-order valence-corrected chi connectivity index (χ2v) is 5.49. The average molecular weight is 268 g/mol. The van der Waals surface area contributed by atoms with Crippen molar-refractivity contribution < 1.29 is 9.59 Å². The van der Waals surface area contributed by atoms with E-state index in [1.54, 1.807) is 0 Å². The first-order valence-corrected chi connectivity index (χ1v) is 7.78. The fourth-order valence-electron chi connectivity index (χ4n) is 2.51. The van der Waals surface area contributed by atoms with E-state index in [2.05, 4.69) is 17.6 Å². The third kappa shape index (κ3) is 7.85. The smallest absolute Gasteiger partial charge is 0.229 e. The van der Waals surface area contributed by atoms with Crippen LogP contribution in [0.1, 0.15) is 71.1 Å². The molecule has 0 heterocycles. The van der Waals surface area contributed by atoms with Crippen molar-refractivity contribution in [2.24, 2.45) is 0 Å². The van der Waals surface area contributed by atoms with Crippen LogP contribution in [-0.4, -0.2) is 24.4 Å². The molecule has 0 atom stereocenters. The first-order chi connectivity index (χ1) is 9.22. The van der Waals surface area contributed by atoms with Crippen molar-refractivity contribution in [3.05, 3.63) is 0 Å². The molecule has 0 aliphatic heterocycles. The minimum atomic E-state index is -0.151. The maximum absolute atomic E-state index is 11.8. The van der Waals surface area contributed by atoms with E-state index in [1.807, 2.05) is 0 Å². The summed E-state index contributed by atoms with van der Waals surface area (Å²) in [5, 5.41) is 5.79. The largest absolute Gasteiger partial charge is 0.356 e. The van der Waals surface area contributed by atoms with Crippen LogP contribution in [0.15, 0.2) is 0 Å². The minimum Gasteiger partial charge on any atom is -0.356 e. The van der Waals surface area contributed by atoms with Gasteiger partial charge in [0.05, 0.1) is 0 Å². The van der Waals surface area contributed by atoms with Gasteiger partial charge in [0.2, 0.25) is 11.8 Å². The Morgan fingerprint density at radius 3 is 2.32 bits per heavy atom. The molecule has 4 heteroatoms. The number of unbranched alkanes of at least 4 members (excludes halogenated alkanes) is 2. The van der Waals surface area contributed by atoms with Crippen molar-refractivity contribution in [3.8, 4) is 0 Å². The molecule has 4 nitrogen and oxygen atoms in total. The summed E-state index contributed by atoms with van der Waals surface area (Å²) in [7, 11) is 0. The molecule has 1 rings (SSSR count). The molecule has 2 amide bonds. The van der Waals surface area contributed by atoms with Gasteiger partial charge in [-0.1, -0.05) is 45.4 Å². The lowest BCUT2D eigenvalue weighted by atomic mass is 10.1. The summed E-state index contributed by atoms with van der Waals surface area (Å²) < 4.78 is 0. The zero-order valence-corrected chi connectivity index (χ0v) is 12.2. The second-order valence-electron chi connectivity index (χ2n) is 5.49. The highest BCUT2D eigenvalue weighted by molar-refractivity contribution is 5.96. The standard InChI is InChI=1S/C15H28N2O2/c1-2-3-8-11-16-14(18)12-15(19)17-13-9-6-4-5-7-10-13/h13H,2-12H2,1H3,(H,16,18)(H,17,19). The van der Waals surface area contributed by atoms with Crippen LogP contribution in [0.3, 0.4) is 0 Å². The van der Waals surface area contributed by atoms with Gasteiger partial charge in [-0.15, -0.1) is 0 Å². The number of hydrogen-bond donors (Lipinski definition) is 2. The first-order valence-electron chi connectivity index (χ1n) is 7.78. The van der Waals surface area contributed by atoms with Gasteiger partial charge in [0, 0.05) is 12.6 Å². The first kappa shape index (κ1) is 16.0. The Hall–Kier alpha value is -1.06. The minimum absolute atomic E-state index is 0.0252. The molecule has 0 spiro atoms. The third-order valence-corrected chi connectivity index (χ3v) is 3.64. The summed E-state index contributed by atoms with van der Waals surface area (Å²) >= 11 is 0. The molecule has 0 aromatic carbocycles. The zero-order chi connectivity index (χ0) is 13.9. The van der Waals surface area contributed by atoms with Crippen LogP contribution >= 0.6 is 0 Å². The summed E-state index contributed by atoms with van der Waals surface area (Å²) in [4.78, 5) is 23.3. The van der Waals surface area contributed by atoms with E-state index in [-0.39, 0.29) is 24.3 Å². The van der Waals surface area contributed by atoms with Crippen molar-refractivity contribution in [3.63, 3.8) is 0 Å². The Bertz CT molecular complexity index is 271. The predicted molar refractivity (Wildman–Crippen MR) is 76.8 cm³/mol. The van der Waals surface area contributed by atoms with Crippen LogP contribution in [0.2, 0.25) is 0 Å². The van der Waals surface area contributed by atoms with Gasteiger partial charge in [-0.25, -0.2) is 0 Å². The maximum atomic E-state index is 11.8. The van der Waals surface area contributed by atoms with Gasteiger partial charge in [0.15, 0.2) is 0 Å². The van der Waals surface area contributed by atoms with Gasteiger partial charge in [-0.05, 0) is 19.3 Å². The lowest BCUT2D eigenvalue weighted by Crippen LogP contribution is -2.38. The molecule has 1 fully saturated rings. The van der Waals surface area contributed by atoms with Crippen LogP contribution in [0, 0.1) is 0 Å². The molecule has 0 radical (unpaired) electrons. The number of hydrogen-bond acceptors (Lipinski definition) is 2. The molecule has 0 saturated heterocycles. The SMILES string of the molecule is CCCCCNC(=O)CC(=O)NC1CCCCCC1. The Balaban J connectivity index is 2.13. The Kier molecular flexibility index (Phi) is 8.26. The van der Waals surface area contributed by atoms with Crippen molar-refractivity contribution in [1.82, 2.24) is 10.6 Å². The highest BCUT2D eigenvalue weighted by Crippen LogP contribution is 2.17. The van der Waals surface area contributed by atoms with E-state index in [9.17, 15) is 9.59 Å². The normalized spacial score (nSPS) is 16.7. The van der Waals surface area contributed by atoms with Gasteiger partial charge >= 0.3 is 0 Å². The Labute approximate surface area is 116 Å². The zero-order valence-electron chi connectivity index (χ0n) is 12.2. The van der Waals surface area contributed by atoms with Crippen LogP contribution in [0.25, 0.3) is 0 Å². The molecule has 1 aliphatic carbocycles. The lowest BCUT2D eigenvalue weighted by Gasteiger charge is -2.16. The van der Waals surface area contributed by atoms with Gasteiger partial charge in [0.25, 0.3) is 0 Å². The topological polar surface area (TPSA) is 58.2 Å². The van der Waals surface area contributed by atoms with E-state index in [0.717, 1.165) is 32.1 Å². The van der Waals surface area contributed by atoms with E-state index in [4.69, 9.17) is 0 Å². The molecule has 1 saturated carbocycles. The molecular formula is C15H28N2O2. The molecule has 0 aromatic rings. The summed E-state index contributed by atoms with van der Waals surface area (Å²) in [6.45, 7) is 2.81. The van der Waals surface area contributed by atoms with E-state index < -0.39 is 0 Å². The Morgan fingerprint density at radius 2 is 1.68 bits per heavy atom. The number of nitrogens with one attached hydrogen (secondary N) is 2. The van der Waals surface area contributed by atoms with Crippen molar-refractivity contribution in [1.29, 1.82) is 0 Å². The van der Waals surface area contributed by atoms with E-state index in [1.165, 1.54) is 25.7 Å². The van der Waals surface area contributed by atoms with Gasteiger partial charge < -0.3 is 10.6 Å². The van der Waals surface area contributed by atoms with Gasteiger partial charge in [-0.3, -0.25) is 9.59 Å². The number of rotatable bonds is 7. The number of carbonyl (C=O) groups is 2. The molecule has 0 aromatic heterocycles. The molecule has 110 valence electrons. The fraction of sp³-hybridized carbons (Fsp3) is 0.867. The number of carbonyl (C=O) groups excluding carboxylic acids is 2. The number of amides is 2. The van der Waals surface area contributed by atoms with Crippen LogP contribution in [0.5, 0.6) is 0 Å². The highest BCUT2D eigenvalue weighted by atomic mass is 16.2. The Morgan fingerprint density at radius 1 is 1.00 bits per heavy atom. The fourth-order valence-corrected chi connectivity index (χ4v) is 2.51. The summed E-state index contributed by atoms with van der Waals surface area (Å²) in [6.07, 6.45) is 10.3. The monoisotopic (exact) mass is 268 g/mol. The van der Waals surface area contributed by atoms with Crippen molar-refractivity contribution in [2.75, 3.05) is 6.54 Å². The summed E-state index contributed by atoms with van der Waals surface area (Å²) in [5.41, 5.74) is 0. The molecule has 1 aliphatic rings. The lowest BCUT2D eigenvalue weighted by molar-refractivity contribution is -0.129. The second kappa shape index (κ2) is 9.82. The summed E-state index contributed by atoms with van der Waals surface area (Å²) in [6, 6.07) is 0.280. The molecular weight excluding hydrogens is 240 g/mol. The van der Waals surface area contributed by atoms with Gasteiger partial charge in [0.1, 0.15) is 6.42 Å². The predicted octanol–water partition coefficient (Wildman–Crippen LogP) is 2.52. The van der Waals surface area contributed by atoms with E-state index >= 15 is 0 Å².